The van der Waals surface area contributed by atoms with E-state index in [2.05, 4.69) is 22.8 Å². The lowest BCUT2D eigenvalue weighted by Crippen LogP contribution is -2.55. The fourth-order valence-corrected chi connectivity index (χ4v) is 4.94. The summed E-state index contributed by atoms with van der Waals surface area (Å²) in [6.45, 7) is 13.3. The second-order valence-corrected chi connectivity index (χ2v) is 11.2. The Bertz CT molecular complexity index is 994. The molecule has 1 aromatic carbocycles. The van der Waals surface area contributed by atoms with E-state index in [1.54, 1.807) is 0 Å². The molecule has 4 rings (SSSR count). The van der Waals surface area contributed by atoms with Crippen molar-refractivity contribution in [3.05, 3.63) is 29.8 Å². The number of aliphatic imine (C=N–C) groups is 1. The Labute approximate surface area is 214 Å². The molecule has 0 saturated carbocycles. The minimum absolute atomic E-state index is 0.0558. The summed E-state index contributed by atoms with van der Waals surface area (Å²) in [4.78, 5) is 32.0. The lowest BCUT2D eigenvalue weighted by molar-refractivity contribution is -0.135. The SMILES string of the molecule is COC(=O)NC(C(=O)N1CCCC1C1N=C(c2ccc(B3OC(C)(C)C(C)(C)O3)cc2)CN1)C(C)C. The van der Waals surface area contributed by atoms with Gasteiger partial charge in [0, 0.05) is 13.1 Å². The fraction of sp³-hybridized carbons (Fsp3) is 0.654. The number of methoxy groups -OCH3 is 1. The van der Waals surface area contributed by atoms with Crippen LogP contribution in [0.2, 0.25) is 0 Å². The predicted molar refractivity (Wildman–Crippen MR) is 139 cm³/mol. The third kappa shape index (κ3) is 5.17. The van der Waals surface area contributed by atoms with Gasteiger partial charge in [0.1, 0.15) is 12.2 Å². The van der Waals surface area contributed by atoms with Crippen LogP contribution < -0.4 is 16.1 Å². The smallest absolute Gasteiger partial charge is 0.453 e. The lowest BCUT2D eigenvalue weighted by Gasteiger charge is -2.32. The maximum atomic E-state index is 13.4. The van der Waals surface area contributed by atoms with Crippen LogP contribution in [-0.4, -0.2) is 79.4 Å². The summed E-state index contributed by atoms with van der Waals surface area (Å²) in [5, 5.41) is 6.18. The zero-order chi connectivity index (χ0) is 26.3. The van der Waals surface area contributed by atoms with Gasteiger partial charge < -0.3 is 24.3 Å². The third-order valence-electron chi connectivity index (χ3n) is 7.88. The van der Waals surface area contributed by atoms with Crippen molar-refractivity contribution in [1.29, 1.82) is 0 Å². The van der Waals surface area contributed by atoms with E-state index in [9.17, 15) is 9.59 Å². The van der Waals surface area contributed by atoms with Crippen molar-refractivity contribution in [2.45, 2.75) is 83.8 Å². The number of ether oxygens (including phenoxy) is 1. The molecule has 3 atom stereocenters. The molecule has 36 heavy (non-hydrogen) atoms. The van der Waals surface area contributed by atoms with Crippen molar-refractivity contribution in [2.75, 3.05) is 20.2 Å². The Morgan fingerprint density at radius 3 is 2.39 bits per heavy atom. The Morgan fingerprint density at radius 1 is 1.17 bits per heavy atom. The van der Waals surface area contributed by atoms with Crippen LogP contribution in [0.1, 0.15) is 59.9 Å². The molecule has 0 bridgehead atoms. The number of rotatable bonds is 6. The monoisotopic (exact) mass is 498 g/mol. The van der Waals surface area contributed by atoms with Crippen molar-refractivity contribution < 1.29 is 23.6 Å². The molecule has 3 aliphatic heterocycles. The maximum Gasteiger partial charge on any atom is 0.494 e. The number of carbonyl (C=O) groups excluding carboxylic acids is 2. The van der Waals surface area contributed by atoms with Gasteiger partial charge in [0.25, 0.3) is 0 Å². The molecular formula is C26H39BN4O5. The summed E-state index contributed by atoms with van der Waals surface area (Å²) in [6, 6.07) is 7.48. The average molecular weight is 498 g/mol. The van der Waals surface area contributed by atoms with E-state index in [1.165, 1.54) is 7.11 Å². The molecule has 0 radical (unpaired) electrons. The van der Waals surface area contributed by atoms with Crippen LogP contribution in [-0.2, 0) is 18.8 Å². The highest BCUT2D eigenvalue weighted by Gasteiger charge is 2.51. The zero-order valence-corrected chi connectivity index (χ0v) is 22.5. The molecule has 196 valence electrons. The van der Waals surface area contributed by atoms with Crippen molar-refractivity contribution in [3.63, 3.8) is 0 Å². The molecule has 0 aliphatic carbocycles. The summed E-state index contributed by atoms with van der Waals surface area (Å²) < 4.78 is 17.1. The van der Waals surface area contributed by atoms with E-state index >= 15 is 0 Å². The van der Waals surface area contributed by atoms with E-state index < -0.39 is 19.3 Å². The Hall–Kier alpha value is -2.43. The molecule has 10 heteroatoms. The maximum absolute atomic E-state index is 13.4. The molecule has 2 fully saturated rings. The lowest BCUT2D eigenvalue weighted by atomic mass is 9.78. The summed E-state index contributed by atoms with van der Waals surface area (Å²) in [5.74, 6) is -0.147. The molecule has 3 heterocycles. The predicted octanol–water partition coefficient (Wildman–Crippen LogP) is 2.08. The van der Waals surface area contributed by atoms with Crippen LogP contribution in [0.3, 0.4) is 0 Å². The summed E-state index contributed by atoms with van der Waals surface area (Å²) >= 11 is 0. The van der Waals surface area contributed by atoms with Crippen molar-refractivity contribution in [3.8, 4) is 0 Å². The number of nitrogens with zero attached hydrogens (tertiary/aromatic N) is 2. The molecule has 2 amide bonds. The first-order chi connectivity index (χ1) is 16.9. The molecule has 9 nitrogen and oxygen atoms in total. The molecule has 3 aliphatic rings. The van der Waals surface area contributed by atoms with E-state index in [1.807, 2.05) is 58.6 Å². The van der Waals surface area contributed by atoms with Gasteiger partial charge in [0.15, 0.2) is 0 Å². The second kappa shape index (κ2) is 10.1. The van der Waals surface area contributed by atoms with Gasteiger partial charge in [0.05, 0.1) is 30.1 Å². The van der Waals surface area contributed by atoms with Crippen molar-refractivity contribution in [2.24, 2.45) is 10.9 Å². The molecule has 3 unspecified atom stereocenters. The van der Waals surface area contributed by atoms with Crippen molar-refractivity contribution in [1.82, 2.24) is 15.5 Å². The van der Waals surface area contributed by atoms with Gasteiger partial charge in [-0.1, -0.05) is 38.1 Å². The van der Waals surface area contributed by atoms with Crippen LogP contribution in [0.5, 0.6) is 0 Å². The van der Waals surface area contributed by atoms with Gasteiger partial charge in [-0.3, -0.25) is 15.1 Å². The topological polar surface area (TPSA) is 101 Å². The molecule has 1 aromatic rings. The largest absolute Gasteiger partial charge is 0.494 e. The number of hydrogen-bond acceptors (Lipinski definition) is 7. The van der Waals surface area contributed by atoms with E-state index in [0.717, 1.165) is 29.6 Å². The quantitative estimate of drug-likeness (QED) is 0.583. The highest BCUT2D eigenvalue weighted by molar-refractivity contribution is 6.62. The van der Waals surface area contributed by atoms with E-state index in [4.69, 9.17) is 19.0 Å². The minimum atomic E-state index is -0.634. The first-order valence-electron chi connectivity index (χ1n) is 12.8. The molecule has 2 saturated heterocycles. The van der Waals surface area contributed by atoms with Gasteiger partial charge in [-0.2, -0.15) is 0 Å². The summed E-state index contributed by atoms with van der Waals surface area (Å²) in [7, 11) is 0.905. The highest BCUT2D eigenvalue weighted by Crippen LogP contribution is 2.36. The van der Waals surface area contributed by atoms with Gasteiger partial charge in [-0.05, 0) is 57.5 Å². The van der Waals surface area contributed by atoms with Crippen LogP contribution in [0, 0.1) is 5.92 Å². The van der Waals surface area contributed by atoms with Gasteiger partial charge in [-0.25, -0.2) is 4.79 Å². The van der Waals surface area contributed by atoms with Crippen LogP contribution in [0.25, 0.3) is 0 Å². The molecular weight excluding hydrogens is 459 g/mol. The summed E-state index contributed by atoms with van der Waals surface area (Å²) in [5.41, 5.74) is 2.22. The minimum Gasteiger partial charge on any atom is -0.453 e. The number of alkyl carbamates (subject to hydrolysis) is 1. The average Bonchev–Trinajstić information content (AvgIpc) is 3.54. The number of carbonyl (C=O) groups is 2. The van der Waals surface area contributed by atoms with Gasteiger partial charge in [-0.15, -0.1) is 0 Å². The first-order valence-corrected chi connectivity index (χ1v) is 12.8. The normalized spacial score (nSPS) is 25.7. The van der Waals surface area contributed by atoms with E-state index in [0.29, 0.717) is 13.1 Å². The fourth-order valence-electron chi connectivity index (χ4n) is 4.94. The van der Waals surface area contributed by atoms with E-state index in [-0.39, 0.29) is 35.2 Å². The van der Waals surface area contributed by atoms with Crippen LogP contribution in [0.15, 0.2) is 29.3 Å². The number of likely N-dealkylation sites (tertiary alicyclic amines) is 1. The van der Waals surface area contributed by atoms with Crippen molar-refractivity contribution >= 4 is 30.3 Å². The van der Waals surface area contributed by atoms with Crippen LogP contribution in [0.4, 0.5) is 4.79 Å². The number of amides is 2. The second-order valence-electron chi connectivity index (χ2n) is 11.2. The number of nitrogens with one attached hydrogen (secondary N) is 2. The number of benzene rings is 1. The molecule has 0 aromatic heterocycles. The van der Waals surface area contributed by atoms with Gasteiger partial charge in [0.2, 0.25) is 5.91 Å². The highest BCUT2D eigenvalue weighted by atomic mass is 16.7. The Balaban J connectivity index is 1.45. The molecule has 2 N–H and O–H groups in total. The standard InChI is InChI=1S/C26H39BN4O5/c1-16(2)21(30-24(33)34-7)23(32)31-14-8-9-20(31)22-28-15-19(29-22)17-10-12-18(13-11-17)27-35-25(3,4)26(5,6)36-27/h10-13,16,20-22,28H,8-9,14-15H2,1-7H3,(H,30,33). The first kappa shape index (κ1) is 26.6. The van der Waals surface area contributed by atoms with Crippen LogP contribution >= 0.6 is 0 Å². The number of hydrogen-bond donors (Lipinski definition) is 2. The van der Waals surface area contributed by atoms with Gasteiger partial charge >= 0.3 is 13.2 Å². The Morgan fingerprint density at radius 2 is 1.81 bits per heavy atom. The Kier molecular flexibility index (Phi) is 7.51. The third-order valence-corrected chi connectivity index (χ3v) is 7.88. The summed E-state index contributed by atoms with van der Waals surface area (Å²) in [6.07, 6.45) is 0.997. The zero-order valence-electron chi connectivity index (χ0n) is 22.5. The molecule has 0 spiro atoms.